The molecule has 0 aliphatic carbocycles. The van der Waals surface area contributed by atoms with Gasteiger partial charge in [-0.1, -0.05) is 30.3 Å². The maximum absolute atomic E-state index is 12.2. The lowest BCUT2D eigenvalue weighted by Crippen LogP contribution is -2.01. The third kappa shape index (κ3) is 7.92. The number of hydrogen-bond donors (Lipinski definition) is 6. The van der Waals surface area contributed by atoms with Crippen molar-refractivity contribution >= 4 is 96.8 Å². The number of aryl methyl sites for hydroxylation is 1. The van der Waals surface area contributed by atoms with Crippen molar-refractivity contribution in [3.05, 3.63) is 103 Å². The van der Waals surface area contributed by atoms with Crippen LogP contribution >= 0.6 is 0 Å². The van der Waals surface area contributed by atoms with E-state index >= 15 is 0 Å². The van der Waals surface area contributed by atoms with Crippen molar-refractivity contribution in [1.82, 2.24) is 0 Å². The first-order chi connectivity index (χ1) is 28.3. The van der Waals surface area contributed by atoms with Crippen molar-refractivity contribution in [1.29, 1.82) is 0 Å². The first kappa shape index (κ1) is 41.2. The van der Waals surface area contributed by atoms with Crippen molar-refractivity contribution in [3.8, 4) is 23.0 Å². The van der Waals surface area contributed by atoms with E-state index in [0.717, 1.165) is 23.6 Å². The molecule has 0 aliphatic rings. The van der Waals surface area contributed by atoms with Gasteiger partial charge in [-0.25, -0.2) is 0 Å². The molecule has 0 radical (unpaired) electrons. The van der Waals surface area contributed by atoms with Crippen LogP contribution in [0.3, 0.4) is 0 Å². The zero-order chi connectivity index (χ0) is 43.3. The maximum atomic E-state index is 12.2. The summed E-state index contributed by atoms with van der Waals surface area (Å²) in [5.74, 6) is -1.95. The van der Waals surface area contributed by atoms with Gasteiger partial charge in [-0.3, -0.25) is 13.7 Å². The lowest BCUT2D eigenvalue weighted by atomic mass is 10.1. The van der Waals surface area contributed by atoms with E-state index in [1.165, 1.54) is 25.3 Å². The Morgan fingerprint density at radius 2 is 1.07 bits per heavy atom. The molecule has 6 N–H and O–H groups in total. The fourth-order valence-corrected chi connectivity index (χ4v) is 7.97. The van der Waals surface area contributed by atoms with E-state index in [9.17, 15) is 54.2 Å². The van der Waals surface area contributed by atoms with Crippen molar-refractivity contribution in [2.75, 3.05) is 7.11 Å². The van der Waals surface area contributed by atoms with Crippen LogP contribution in [0.15, 0.2) is 142 Å². The summed E-state index contributed by atoms with van der Waals surface area (Å²) in [5, 5.41) is 57.8. The SMILES string of the molecule is COc1cc(N=Nc2cccc3cccc(O)c23)c(C)cc1N=Nc1ccc(N=Nc2cc(S(=O)(=O)O)c(O)c3ccc(S(=O)(=O)O)c(O)c23)c2cc(S(=O)(=O)O)ccc12. The molecular formula is C38H28N6O13S3. The van der Waals surface area contributed by atoms with Gasteiger partial charge in [0.2, 0.25) is 0 Å². The zero-order valence-electron chi connectivity index (χ0n) is 30.7. The summed E-state index contributed by atoms with van der Waals surface area (Å²) in [4.78, 5) is -2.69. The van der Waals surface area contributed by atoms with Gasteiger partial charge in [-0.05, 0) is 78.5 Å². The van der Waals surface area contributed by atoms with Gasteiger partial charge < -0.3 is 20.1 Å². The molecule has 0 aromatic heterocycles. The Labute approximate surface area is 339 Å². The minimum Gasteiger partial charge on any atom is -0.507 e. The van der Waals surface area contributed by atoms with Crippen LogP contribution in [-0.2, 0) is 30.4 Å². The lowest BCUT2D eigenvalue weighted by Gasteiger charge is -2.12. The molecule has 60 heavy (non-hydrogen) atoms. The van der Waals surface area contributed by atoms with Gasteiger partial charge in [0, 0.05) is 22.2 Å². The van der Waals surface area contributed by atoms with E-state index in [2.05, 4.69) is 30.7 Å². The second-order valence-corrected chi connectivity index (χ2v) is 17.1. The lowest BCUT2D eigenvalue weighted by molar-refractivity contribution is 0.416. The van der Waals surface area contributed by atoms with E-state index in [4.69, 9.17) is 4.74 Å². The Bertz CT molecular complexity index is 3390. The summed E-state index contributed by atoms with van der Waals surface area (Å²) in [6.45, 7) is 1.75. The number of benzene rings is 7. The van der Waals surface area contributed by atoms with E-state index in [-0.39, 0.29) is 39.3 Å². The zero-order valence-corrected chi connectivity index (χ0v) is 33.1. The Morgan fingerprint density at radius 3 is 1.72 bits per heavy atom. The van der Waals surface area contributed by atoms with Crippen LogP contribution in [0.5, 0.6) is 23.0 Å². The van der Waals surface area contributed by atoms with E-state index < -0.39 is 73.0 Å². The number of phenolic OH excluding ortho intramolecular Hbond substituents is 3. The Kier molecular flexibility index (Phi) is 10.5. The van der Waals surface area contributed by atoms with Gasteiger partial charge in [0.25, 0.3) is 30.4 Å². The van der Waals surface area contributed by atoms with E-state index in [0.29, 0.717) is 34.5 Å². The number of fused-ring (bicyclic) bond motifs is 3. The Morgan fingerprint density at radius 1 is 0.483 bits per heavy atom. The highest BCUT2D eigenvalue weighted by Crippen LogP contribution is 2.46. The van der Waals surface area contributed by atoms with Gasteiger partial charge in [0.05, 0.1) is 51.2 Å². The predicted octanol–water partition coefficient (Wildman–Crippen LogP) is 9.57. The van der Waals surface area contributed by atoms with E-state index in [1.54, 1.807) is 43.3 Å². The smallest absolute Gasteiger partial charge is 0.298 e. The normalized spacial score (nSPS) is 12.8. The molecule has 0 spiro atoms. The molecule has 0 unspecified atom stereocenters. The first-order valence-corrected chi connectivity index (χ1v) is 21.2. The van der Waals surface area contributed by atoms with Crippen LogP contribution in [0.4, 0.5) is 34.1 Å². The summed E-state index contributed by atoms with van der Waals surface area (Å²) >= 11 is 0. The summed E-state index contributed by atoms with van der Waals surface area (Å²) in [6, 6.07) is 21.8. The second-order valence-electron chi connectivity index (χ2n) is 12.9. The molecule has 7 rings (SSSR count). The quantitative estimate of drug-likeness (QED) is 0.0551. The van der Waals surface area contributed by atoms with E-state index in [1.807, 2.05) is 12.1 Å². The molecule has 0 bridgehead atoms. The molecule has 19 nitrogen and oxygen atoms in total. The second kappa shape index (κ2) is 15.3. The van der Waals surface area contributed by atoms with Gasteiger partial charge in [0.1, 0.15) is 38.5 Å². The third-order valence-electron chi connectivity index (χ3n) is 9.10. The molecule has 0 fully saturated rings. The van der Waals surface area contributed by atoms with Gasteiger partial charge in [0.15, 0.2) is 0 Å². The number of azo groups is 3. The van der Waals surface area contributed by atoms with Crippen molar-refractivity contribution < 1.29 is 59.0 Å². The van der Waals surface area contributed by atoms with Crippen LogP contribution < -0.4 is 4.74 Å². The topological polar surface area (TPSA) is 307 Å². The summed E-state index contributed by atoms with van der Waals surface area (Å²) in [5.41, 5.74) is 1.10. The monoisotopic (exact) mass is 872 g/mol. The number of hydrogen-bond acceptors (Lipinski definition) is 16. The van der Waals surface area contributed by atoms with Crippen LogP contribution in [0, 0.1) is 6.92 Å². The van der Waals surface area contributed by atoms with Crippen LogP contribution in [0.1, 0.15) is 5.56 Å². The van der Waals surface area contributed by atoms with Crippen LogP contribution in [-0.4, -0.2) is 61.3 Å². The molecule has 0 saturated heterocycles. The molecular weight excluding hydrogens is 845 g/mol. The Balaban J connectivity index is 1.32. The Hall–Kier alpha value is -6.95. The molecule has 0 aliphatic heterocycles. The highest BCUT2D eigenvalue weighted by atomic mass is 32.2. The number of aromatic hydroxyl groups is 3. The maximum Gasteiger partial charge on any atom is 0.298 e. The number of ether oxygens (including phenoxy) is 1. The fraction of sp³-hybridized carbons (Fsp3) is 0.0526. The number of rotatable bonds is 10. The van der Waals surface area contributed by atoms with Gasteiger partial charge in [-0.15, -0.1) is 25.6 Å². The largest absolute Gasteiger partial charge is 0.507 e. The van der Waals surface area contributed by atoms with Crippen molar-refractivity contribution in [2.45, 2.75) is 21.6 Å². The minimum atomic E-state index is -5.15. The molecule has 306 valence electrons. The summed E-state index contributed by atoms with van der Waals surface area (Å²) < 4.78 is 107. The molecule has 7 aromatic rings. The minimum absolute atomic E-state index is 0.00960. The average Bonchev–Trinajstić information content (AvgIpc) is 3.18. The van der Waals surface area contributed by atoms with Crippen LogP contribution in [0.2, 0.25) is 0 Å². The number of phenols is 3. The summed E-state index contributed by atoms with van der Waals surface area (Å²) in [6.07, 6.45) is 0. The third-order valence-corrected chi connectivity index (χ3v) is 11.7. The molecule has 7 aromatic carbocycles. The van der Waals surface area contributed by atoms with Crippen LogP contribution in [0.25, 0.3) is 32.3 Å². The average molecular weight is 873 g/mol. The standard InChI is InChI=1S/C38H28N6O13S3/c1-19-15-29(32(57-2)17-28(19)42-41-27-7-3-5-20-6-4-8-31(45)35(20)27)43-39-25-12-13-26(24-16-21(58(48,49)50)9-10-22(24)25)40-44-30-18-34(60(54,55)56)37(46)23-11-14-33(59(51,52)53)38(47)36(23)30/h3-18,45-47H,1-2H3,(H,48,49,50)(H,51,52,53)(H,54,55,56). The fourth-order valence-electron chi connectivity index (χ4n) is 6.26. The van der Waals surface area contributed by atoms with Crippen molar-refractivity contribution in [2.24, 2.45) is 30.7 Å². The van der Waals surface area contributed by atoms with Crippen molar-refractivity contribution in [3.63, 3.8) is 0 Å². The molecule has 22 heteroatoms. The molecule has 0 atom stereocenters. The first-order valence-electron chi connectivity index (χ1n) is 16.9. The highest BCUT2D eigenvalue weighted by molar-refractivity contribution is 7.86. The number of methoxy groups -OCH3 is 1. The van der Waals surface area contributed by atoms with Gasteiger partial charge >= 0.3 is 0 Å². The van der Waals surface area contributed by atoms with Gasteiger partial charge in [-0.2, -0.15) is 30.4 Å². The predicted molar refractivity (Wildman–Crippen MR) is 217 cm³/mol. The molecule has 0 saturated carbocycles. The number of nitrogens with zero attached hydrogens (tertiary/aromatic N) is 6. The molecule has 0 amide bonds. The molecule has 0 heterocycles. The summed E-state index contributed by atoms with van der Waals surface area (Å²) in [7, 11) is -13.6. The highest BCUT2D eigenvalue weighted by Gasteiger charge is 2.26.